The van der Waals surface area contributed by atoms with Gasteiger partial charge in [-0.1, -0.05) is 15.9 Å². The number of hydrogen-bond acceptors (Lipinski definition) is 3. The van der Waals surface area contributed by atoms with Crippen molar-refractivity contribution < 1.29 is 9.53 Å². The average Bonchev–Trinajstić information content (AvgIpc) is 2.45. The van der Waals surface area contributed by atoms with Crippen LogP contribution in [0.3, 0.4) is 0 Å². The van der Waals surface area contributed by atoms with Crippen molar-refractivity contribution in [2.24, 2.45) is 7.05 Å². The molecule has 0 atom stereocenters. The third-order valence-corrected chi connectivity index (χ3v) is 2.08. The van der Waals surface area contributed by atoms with Crippen molar-refractivity contribution >= 4 is 21.9 Å². The Morgan fingerprint density at radius 1 is 1.83 bits per heavy atom. The summed E-state index contributed by atoms with van der Waals surface area (Å²) in [5, 5.41) is 4.64. The van der Waals surface area contributed by atoms with E-state index >= 15 is 0 Å². The number of nitrogens with zero attached hydrogens (tertiary/aromatic N) is 2. The normalized spacial score (nSPS) is 9.92. The molecule has 0 aliphatic heterocycles. The van der Waals surface area contributed by atoms with Crippen LogP contribution in [-0.4, -0.2) is 22.9 Å². The minimum absolute atomic E-state index is 0.342. The van der Waals surface area contributed by atoms with E-state index in [0.717, 1.165) is 5.69 Å². The number of carbonyl (C=O) groups is 1. The highest BCUT2D eigenvalue weighted by Crippen LogP contribution is 2.07. The largest absolute Gasteiger partial charge is 0.464 e. The molecule has 0 aliphatic carbocycles. The fraction of sp³-hybridized carbons (Fsp3) is 0.429. The van der Waals surface area contributed by atoms with Crippen LogP contribution in [0.25, 0.3) is 0 Å². The Labute approximate surface area is 78.6 Å². The Bertz CT molecular complexity index is 296. The lowest BCUT2D eigenvalue weighted by Crippen LogP contribution is -2.03. The van der Waals surface area contributed by atoms with Crippen molar-refractivity contribution in [3.05, 3.63) is 17.5 Å². The van der Waals surface area contributed by atoms with Gasteiger partial charge in [-0.25, -0.2) is 4.79 Å². The topological polar surface area (TPSA) is 44.1 Å². The first kappa shape index (κ1) is 9.25. The van der Waals surface area contributed by atoms with Crippen LogP contribution in [0.1, 0.15) is 16.2 Å². The van der Waals surface area contributed by atoms with Crippen LogP contribution in [0.2, 0.25) is 0 Å². The van der Waals surface area contributed by atoms with Crippen LogP contribution in [0.15, 0.2) is 6.07 Å². The zero-order valence-electron chi connectivity index (χ0n) is 6.87. The van der Waals surface area contributed by atoms with E-state index in [4.69, 9.17) is 0 Å². The first-order chi connectivity index (χ1) is 5.69. The van der Waals surface area contributed by atoms with Gasteiger partial charge in [0.15, 0.2) is 5.69 Å². The number of carbonyl (C=O) groups excluding carboxylic acids is 1. The first-order valence-electron chi connectivity index (χ1n) is 3.36. The summed E-state index contributed by atoms with van der Waals surface area (Å²) in [5.41, 5.74) is 1.28. The minimum Gasteiger partial charge on any atom is -0.464 e. The number of halogens is 1. The van der Waals surface area contributed by atoms with Crippen LogP contribution in [0, 0.1) is 0 Å². The van der Waals surface area contributed by atoms with Gasteiger partial charge in [-0.15, -0.1) is 0 Å². The molecule has 0 saturated carbocycles. The van der Waals surface area contributed by atoms with Crippen LogP contribution in [-0.2, 0) is 17.1 Å². The van der Waals surface area contributed by atoms with Crippen LogP contribution in [0.4, 0.5) is 0 Å². The highest BCUT2D eigenvalue weighted by Gasteiger charge is 2.11. The Morgan fingerprint density at radius 3 is 2.92 bits per heavy atom. The summed E-state index contributed by atoms with van der Waals surface area (Å²) >= 11 is 3.28. The summed E-state index contributed by atoms with van der Waals surface area (Å²) in [5.74, 6) is -0.405. The number of methoxy groups -OCH3 is 1. The molecule has 0 N–H and O–H groups in total. The molecule has 0 amide bonds. The lowest BCUT2D eigenvalue weighted by Gasteiger charge is -1.92. The van der Waals surface area contributed by atoms with Gasteiger partial charge in [0.25, 0.3) is 0 Å². The number of ether oxygens (including phenoxy) is 1. The molecule has 1 aromatic rings. The van der Waals surface area contributed by atoms with Crippen molar-refractivity contribution in [2.45, 2.75) is 5.33 Å². The number of rotatable bonds is 2. The van der Waals surface area contributed by atoms with Crippen molar-refractivity contribution in [3.63, 3.8) is 0 Å². The van der Waals surface area contributed by atoms with Gasteiger partial charge < -0.3 is 4.74 Å². The van der Waals surface area contributed by atoms with E-state index in [0.29, 0.717) is 11.0 Å². The highest BCUT2D eigenvalue weighted by atomic mass is 79.9. The minimum atomic E-state index is -0.405. The smallest absolute Gasteiger partial charge is 0.358 e. The molecule has 0 spiro atoms. The van der Waals surface area contributed by atoms with Gasteiger partial charge >= 0.3 is 5.97 Å². The first-order valence-corrected chi connectivity index (χ1v) is 4.48. The Balaban J connectivity index is 2.96. The van der Waals surface area contributed by atoms with Crippen molar-refractivity contribution in [1.29, 1.82) is 0 Å². The third kappa shape index (κ3) is 1.66. The lowest BCUT2D eigenvalue weighted by atomic mass is 10.4. The molecule has 4 nitrogen and oxygen atoms in total. The highest BCUT2D eigenvalue weighted by molar-refractivity contribution is 9.08. The Kier molecular flexibility index (Phi) is 2.86. The van der Waals surface area contributed by atoms with Gasteiger partial charge in [0.2, 0.25) is 0 Å². The molecule has 66 valence electrons. The van der Waals surface area contributed by atoms with Gasteiger partial charge in [-0.05, 0) is 6.07 Å². The number of esters is 1. The molecule has 0 aromatic carbocycles. The van der Waals surface area contributed by atoms with Crippen LogP contribution in [0.5, 0.6) is 0 Å². The van der Waals surface area contributed by atoms with E-state index in [-0.39, 0.29) is 0 Å². The van der Waals surface area contributed by atoms with E-state index in [2.05, 4.69) is 25.8 Å². The van der Waals surface area contributed by atoms with E-state index in [1.54, 1.807) is 17.8 Å². The predicted octanol–water partition coefficient (Wildman–Crippen LogP) is 1.10. The Hall–Kier alpha value is -0.840. The molecule has 1 heterocycles. The second-order valence-corrected chi connectivity index (χ2v) is 2.83. The summed E-state index contributed by atoms with van der Waals surface area (Å²) in [6, 6.07) is 1.70. The molecule has 1 rings (SSSR count). The quantitative estimate of drug-likeness (QED) is 0.567. The monoisotopic (exact) mass is 232 g/mol. The molecule has 0 fully saturated rings. The van der Waals surface area contributed by atoms with E-state index in [9.17, 15) is 4.79 Å². The number of alkyl halides is 1. The van der Waals surface area contributed by atoms with Crippen LogP contribution >= 0.6 is 15.9 Å². The predicted molar refractivity (Wildman–Crippen MR) is 47.2 cm³/mol. The zero-order chi connectivity index (χ0) is 9.14. The summed E-state index contributed by atoms with van der Waals surface area (Å²) < 4.78 is 6.16. The lowest BCUT2D eigenvalue weighted by molar-refractivity contribution is 0.0593. The molecule has 0 bridgehead atoms. The summed E-state index contributed by atoms with van der Waals surface area (Å²) in [6.07, 6.45) is 0. The molecule has 0 saturated heterocycles. The molecular weight excluding hydrogens is 224 g/mol. The van der Waals surface area contributed by atoms with Crippen molar-refractivity contribution in [3.8, 4) is 0 Å². The van der Waals surface area contributed by atoms with Crippen molar-refractivity contribution in [2.75, 3.05) is 7.11 Å². The molecule has 0 unspecified atom stereocenters. The van der Waals surface area contributed by atoms with Crippen molar-refractivity contribution in [1.82, 2.24) is 9.78 Å². The number of aryl methyl sites for hydroxylation is 1. The maximum atomic E-state index is 11.0. The summed E-state index contributed by atoms with van der Waals surface area (Å²) in [6.45, 7) is 0. The molecule has 0 aliphatic rings. The fourth-order valence-corrected chi connectivity index (χ4v) is 1.36. The molecular formula is C7H9BrN2O2. The zero-order valence-corrected chi connectivity index (χ0v) is 8.46. The van der Waals surface area contributed by atoms with E-state index in [1.807, 2.05) is 0 Å². The standard InChI is InChI=1S/C7H9BrN2O2/c1-10-5(4-8)3-6(9-10)7(11)12-2/h3H,4H2,1-2H3. The SMILES string of the molecule is COC(=O)c1cc(CBr)n(C)n1. The average molecular weight is 233 g/mol. The second kappa shape index (κ2) is 3.71. The van der Waals surface area contributed by atoms with Gasteiger partial charge in [0.05, 0.1) is 7.11 Å². The van der Waals surface area contributed by atoms with Gasteiger partial charge in [-0.3, -0.25) is 4.68 Å². The number of aromatic nitrogens is 2. The number of hydrogen-bond donors (Lipinski definition) is 0. The van der Waals surface area contributed by atoms with E-state index in [1.165, 1.54) is 7.11 Å². The molecule has 12 heavy (non-hydrogen) atoms. The molecule has 1 aromatic heterocycles. The van der Waals surface area contributed by atoms with Gasteiger partial charge in [0.1, 0.15) is 0 Å². The van der Waals surface area contributed by atoms with Gasteiger partial charge in [-0.2, -0.15) is 5.10 Å². The molecule has 5 heteroatoms. The van der Waals surface area contributed by atoms with Crippen LogP contribution < -0.4 is 0 Å². The fourth-order valence-electron chi connectivity index (χ4n) is 0.835. The summed E-state index contributed by atoms with van der Waals surface area (Å²) in [7, 11) is 3.12. The van der Waals surface area contributed by atoms with Gasteiger partial charge in [0, 0.05) is 18.1 Å². The van der Waals surface area contributed by atoms with E-state index < -0.39 is 5.97 Å². The summed E-state index contributed by atoms with van der Waals surface area (Å²) in [4.78, 5) is 11.0. The maximum absolute atomic E-state index is 11.0. The maximum Gasteiger partial charge on any atom is 0.358 e. The second-order valence-electron chi connectivity index (χ2n) is 2.27. The Morgan fingerprint density at radius 2 is 2.50 bits per heavy atom. The molecule has 0 radical (unpaired) electrons. The third-order valence-electron chi connectivity index (χ3n) is 1.51.